The van der Waals surface area contributed by atoms with Crippen molar-refractivity contribution in [2.45, 2.75) is 315 Å². The first-order chi connectivity index (χ1) is 69.7. The Bertz CT molecular complexity index is 3950. The molecule has 0 unspecified atom stereocenters. The molecule has 7 saturated heterocycles. The minimum absolute atomic E-state index is 0.00999. The Morgan fingerprint density at radius 1 is 0.286 bits per heavy atom. The molecule has 147 heavy (non-hydrogen) atoms. The number of hydrogen-bond donors (Lipinski definition) is 29. The van der Waals surface area contributed by atoms with Crippen LogP contribution in [0.3, 0.4) is 0 Å². The van der Waals surface area contributed by atoms with Crippen molar-refractivity contribution in [1.82, 2.24) is 78.2 Å². The lowest BCUT2D eigenvalue weighted by atomic mass is 10.0. The van der Waals surface area contributed by atoms with Gasteiger partial charge in [-0.1, -0.05) is 6.42 Å². The molecule has 0 aromatic carbocycles. The summed E-state index contributed by atoms with van der Waals surface area (Å²) in [5.41, 5.74) is 0. The van der Waals surface area contributed by atoms with E-state index in [1.54, 1.807) is 0 Å². The second kappa shape index (κ2) is 63.6. The number of nitrogens with one attached hydrogen (secondary N) is 11. The molecule has 7 fully saturated rings. The number of urea groups is 1. The molecule has 32 atom stereocenters. The summed E-state index contributed by atoms with van der Waals surface area (Å²) >= 11 is 0. The zero-order valence-corrected chi connectivity index (χ0v) is 82.6. The molecule has 0 aromatic rings. The van der Waals surface area contributed by atoms with Crippen molar-refractivity contribution in [3.05, 3.63) is 0 Å². The minimum atomic E-state index is -1.73. The highest BCUT2D eigenvalue weighted by atomic mass is 16.7. The van der Waals surface area contributed by atoms with Crippen LogP contribution in [0, 0.1) is 0 Å². The van der Waals surface area contributed by atoms with Crippen molar-refractivity contribution in [3.8, 4) is 0 Å². The third-order valence-corrected chi connectivity index (χ3v) is 24.5. The van der Waals surface area contributed by atoms with Gasteiger partial charge in [0, 0.05) is 78.2 Å². The number of hydrogen-bond acceptors (Lipinski definition) is 47. The molecule has 7 heterocycles. The molecule has 60 heteroatoms. The lowest BCUT2D eigenvalue weighted by molar-refractivity contribution is -0.292. The summed E-state index contributed by atoms with van der Waals surface area (Å²) in [5.74, 6) is -11.0. The number of aliphatic hydroxyl groups excluding tert-OH is 18. The van der Waals surface area contributed by atoms with E-state index in [0.29, 0.717) is 5.06 Å². The van der Waals surface area contributed by atoms with Crippen LogP contribution >= 0.6 is 0 Å². The molecule has 0 radical (unpaired) electrons. The molecule has 842 valence electrons. The van der Waals surface area contributed by atoms with Crippen LogP contribution in [-0.4, -0.2) is 542 Å². The first-order valence-electron chi connectivity index (χ1n) is 48.8. The van der Waals surface area contributed by atoms with Crippen LogP contribution in [0.25, 0.3) is 0 Å². The molecular weight excluding hydrogens is 1980 g/mol. The molecule has 0 aliphatic carbocycles. The fourth-order valence-corrected chi connectivity index (χ4v) is 15.8. The maximum atomic E-state index is 15.2. The van der Waals surface area contributed by atoms with Crippen molar-refractivity contribution in [2.75, 3.05) is 151 Å². The second-order valence-corrected chi connectivity index (χ2v) is 36.5. The molecule has 7 rings (SSSR count). The maximum absolute atomic E-state index is 15.2. The largest absolute Gasteiger partial charge is 0.388 e. The van der Waals surface area contributed by atoms with Gasteiger partial charge in [-0.3, -0.25) is 67.3 Å². The number of nitrogens with zero attached hydrogens (tertiary/aromatic N) is 4. The Kier molecular flexibility index (Phi) is 54.2. The summed E-state index contributed by atoms with van der Waals surface area (Å²) in [7, 11) is 0. The van der Waals surface area contributed by atoms with Crippen molar-refractivity contribution in [3.63, 3.8) is 0 Å². The van der Waals surface area contributed by atoms with E-state index in [1.807, 2.05) is 0 Å². The lowest BCUT2D eigenvalue weighted by Crippen LogP contribution is -2.57. The highest BCUT2D eigenvalue weighted by Gasteiger charge is 2.49. The summed E-state index contributed by atoms with van der Waals surface area (Å²) in [4.78, 5) is 199. The van der Waals surface area contributed by atoms with Crippen LogP contribution in [0.15, 0.2) is 0 Å². The first-order valence-corrected chi connectivity index (χ1v) is 48.8. The fourth-order valence-electron chi connectivity index (χ4n) is 15.8. The summed E-state index contributed by atoms with van der Waals surface area (Å²) in [6.45, 7) is -1.94. The standard InChI is InChI=1S/C87H149N15O45/c1-42-61(114)67(120)73(126)81(141-42)135-28-22-89-51(104)35-99(36-52(105)90-23-29-136-82-74(127)68(121)62(115)43(2)142-82)34-50(103)88-19-12-9-14-48(79(132)95-20-11-7-8-16-60(113)147-102-58(111)17-18-59(102)112)98-80(133)49(97-57(110)39-100(37-53(106)91-24-30-137-83-75(128)69(122)63(116)44(3)143-83)38-54(107)92-25-31-138-84-76(129)70(123)64(117)45(4)144-84)15-10-13-21-96-87(134)101(40-55(108)93-26-32-139-85-77(130)71(124)65(118)46(5)145-85)41-56(109)94-27-33-140-86-78(131)72(125)66(119)47(6)146-86/h42-49,61-78,81-86,114-131H,7-41H2,1-6H3,(H,88,103)(H,89,104)(H,90,105)(H,91,106)(H,92,107)(H,93,108)(H,94,109)(H,95,132)(H,96,134)(H,97,110)(H,98,133)/t42-,43-,44-,45-,46-,47-,48-,49-,61+,62+,63+,64+,65+,66+,67+,68+,69+,70+,71+,72+,73-,74-,75-,76-,77-,78-,81+,82+,83+,84+,85+,86+/m0/s1. The van der Waals surface area contributed by atoms with E-state index in [2.05, 4.69) is 58.5 Å². The Hall–Kier alpha value is -8.70. The average molecular weight is 2130 g/mol. The van der Waals surface area contributed by atoms with Crippen molar-refractivity contribution in [2.24, 2.45) is 0 Å². The van der Waals surface area contributed by atoms with Gasteiger partial charge in [0.1, 0.15) is 135 Å². The Balaban J connectivity index is 1.10. The summed E-state index contributed by atoms with van der Waals surface area (Å²) in [6.07, 6.45) is -44.3. The van der Waals surface area contributed by atoms with Gasteiger partial charge >= 0.3 is 12.0 Å². The van der Waals surface area contributed by atoms with Crippen molar-refractivity contribution in [1.29, 1.82) is 0 Å². The number of carbonyl (C=O) groups excluding carboxylic acids is 14. The molecule has 14 amide bonds. The predicted molar refractivity (Wildman–Crippen MR) is 489 cm³/mol. The summed E-state index contributed by atoms with van der Waals surface area (Å²) in [6, 6.07) is -4.26. The summed E-state index contributed by atoms with van der Waals surface area (Å²) in [5, 5.41) is 214. The molecule has 0 aromatic heterocycles. The van der Waals surface area contributed by atoms with E-state index in [0.717, 1.165) is 14.7 Å². The van der Waals surface area contributed by atoms with Gasteiger partial charge in [-0.2, -0.15) is 0 Å². The molecule has 60 nitrogen and oxygen atoms in total. The van der Waals surface area contributed by atoms with E-state index in [9.17, 15) is 154 Å². The van der Waals surface area contributed by atoms with Crippen LogP contribution in [0.2, 0.25) is 0 Å². The van der Waals surface area contributed by atoms with E-state index < -0.39 is 332 Å². The predicted octanol–water partition coefficient (Wildman–Crippen LogP) is -16.9. The van der Waals surface area contributed by atoms with E-state index in [1.165, 1.54) is 41.5 Å². The average Bonchev–Trinajstić information content (AvgIpc) is 1.83. The molecule has 0 saturated carbocycles. The topological polar surface area (TPSA) is 868 Å². The SMILES string of the molecule is C[C@@H]1O[C@@H](OCCNC(=O)CN(CC(=O)NCCCC[C@H](NC(=O)[C@H](CCCCNC(=O)N(CC(=O)NCCO[C@@H]2O[C@@H](C)[C@@H](O)[C@@H](O)[C@@H]2O)CC(=O)NCCO[C@@H]2O[C@@H](C)[C@@H](O)[C@@H](O)[C@@H]2O)NC(=O)CN(CC(=O)NCCO[C@@H]2O[C@@H](C)[C@@H](O)[C@@H](O)[C@@H]2O)CC(=O)NCCO[C@@H]2O[C@@H](C)[C@@H](O)[C@@H](O)[C@@H]2O)C(=O)NCCCCCC(=O)ON2C(=O)CCC2=O)CC(=O)NCCO[C@@H]2O[C@@H](C)[C@@H](O)[C@@H](O)[C@@H]2O)[C@@H](O)[C@H](O)[C@@H]1O. The maximum Gasteiger partial charge on any atom is 0.333 e. The number of unbranched alkanes of at least 4 members (excludes halogenated alkanes) is 4. The molecular formula is C87H149N15O45. The zero-order valence-electron chi connectivity index (χ0n) is 82.6. The number of ether oxygens (including phenoxy) is 12. The minimum Gasteiger partial charge on any atom is -0.388 e. The van der Waals surface area contributed by atoms with E-state index >= 15 is 4.79 Å². The normalized spacial score (nSPS) is 31.3. The smallest absolute Gasteiger partial charge is 0.333 e. The lowest BCUT2D eigenvalue weighted by Gasteiger charge is -2.38. The van der Waals surface area contributed by atoms with Gasteiger partial charge < -0.3 is 217 Å². The van der Waals surface area contributed by atoms with Gasteiger partial charge in [0.05, 0.1) is 116 Å². The van der Waals surface area contributed by atoms with Gasteiger partial charge in [0.2, 0.25) is 59.1 Å². The number of hydroxylamine groups is 2. The molecule has 7 aliphatic heterocycles. The van der Waals surface area contributed by atoms with Gasteiger partial charge in [-0.25, -0.2) is 9.59 Å². The Morgan fingerprint density at radius 3 is 0.823 bits per heavy atom. The molecule has 0 spiro atoms. The molecule has 7 aliphatic rings. The van der Waals surface area contributed by atoms with Gasteiger partial charge in [0.25, 0.3) is 11.8 Å². The summed E-state index contributed by atoms with van der Waals surface area (Å²) < 4.78 is 65.8. The van der Waals surface area contributed by atoms with Crippen molar-refractivity contribution < 1.29 is 221 Å². The van der Waals surface area contributed by atoms with Crippen LogP contribution in [0.5, 0.6) is 0 Å². The number of aliphatic hydroxyl groups is 18. The number of imide groups is 1. The number of amides is 14. The Labute approximate surface area is 844 Å². The second-order valence-electron chi connectivity index (χ2n) is 36.5. The highest BCUT2D eigenvalue weighted by Crippen LogP contribution is 2.29. The van der Waals surface area contributed by atoms with Gasteiger partial charge in [-0.15, -0.1) is 5.06 Å². The fraction of sp³-hybridized carbons (Fsp3) is 0.839. The van der Waals surface area contributed by atoms with Gasteiger partial charge in [0.15, 0.2) is 37.7 Å². The van der Waals surface area contributed by atoms with E-state index in [-0.39, 0.29) is 176 Å². The number of rotatable bonds is 61. The third kappa shape index (κ3) is 41.1. The van der Waals surface area contributed by atoms with Crippen LogP contribution < -0.4 is 58.5 Å². The van der Waals surface area contributed by atoms with Crippen molar-refractivity contribution >= 4 is 82.9 Å². The quantitative estimate of drug-likeness (QED) is 0.0199. The third-order valence-electron chi connectivity index (χ3n) is 24.5. The molecule has 0 bridgehead atoms. The van der Waals surface area contributed by atoms with E-state index in [4.69, 9.17) is 61.7 Å². The zero-order chi connectivity index (χ0) is 109. The van der Waals surface area contributed by atoms with Gasteiger partial charge in [-0.05, 0) is 92.9 Å². The first kappa shape index (κ1) is 125. The molecule has 29 N–H and O–H groups in total. The highest BCUT2D eigenvalue weighted by molar-refractivity contribution is 6.01. The number of carbonyl (C=O) groups is 14. The van der Waals surface area contributed by atoms with Crippen LogP contribution in [-0.2, 0) is 124 Å². The van der Waals surface area contributed by atoms with Crippen LogP contribution in [0.1, 0.15) is 119 Å². The monoisotopic (exact) mass is 2120 g/mol. The van der Waals surface area contributed by atoms with Crippen LogP contribution in [0.4, 0.5) is 4.79 Å². The Morgan fingerprint density at radius 2 is 0.531 bits per heavy atom.